The zero-order valence-corrected chi connectivity index (χ0v) is 13.4. The molecule has 1 aromatic carbocycles. The fraction of sp³-hybridized carbons (Fsp3) is 0.562. The molecule has 3 nitrogen and oxygen atoms in total. The quantitative estimate of drug-likeness (QED) is 0.775. The first kappa shape index (κ1) is 17.1. The molecule has 1 aromatic rings. The molecule has 2 N–H and O–H groups in total. The fourth-order valence-electron chi connectivity index (χ4n) is 1.88. The van der Waals surface area contributed by atoms with Gasteiger partial charge in [-0.25, -0.2) is 0 Å². The van der Waals surface area contributed by atoms with Crippen LogP contribution in [0.4, 0.5) is 0 Å². The third kappa shape index (κ3) is 5.97. The lowest BCUT2D eigenvalue weighted by atomic mass is 9.98. The van der Waals surface area contributed by atoms with Crippen LogP contribution in [0.3, 0.4) is 0 Å². The van der Waals surface area contributed by atoms with E-state index < -0.39 is 5.60 Å². The first-order chi connectivity index (χ1) is 9.49. The maximum atomic E-state index is 11.7. The number of aliphatic hydroxyl groups is 1. The van der Waals surface area contributed by atoms with Crippen molar-refractivity contribution in [3.63, 3.8) is 0 Å². The minimum atomic E-state index is -0.767. The van der Waals surface area contributed by atoms with Crippen LogP contribution in [0.2, 0.25) is 0 Å². The van der Waals surface area contributed by atoms with E-state index in [1.54, 1.807) is 11.8 Å². The number of hydrogen-bond acceptors (Lipinski definition) is 3. The third-order valence-electron chi connectivity index (χ3n) is 3.52. The molecule has 4 heteroatoms. The van der Waals surface area contributed by atoms with Gasteiger partial charge < -0.3 is 10.4 Å². The highest BCUT2D eigenvalue weighted by molar-refractivity contribution is 7.99. The first-order valence-corrected chi connectivity index (χ1v) is 8.27. The summed E-state index contributed by atoms with van der Waals surface area (Å²) < 4.78 is 0. The van der Waals surface area contributed by atoms with E-state index in [1.165, 1.54) is 11.1 Å². The Balaban J connectivity index is 2.27. The molecule has 0 aliphatic heterocycles. The van der Waals surface area contributed by atoms with Gasteiger partial charge >= 0.3 is 0 Å². The van der Waals surface area contributed by atoms with Gasteiger partial charge in [0.25, 0.3) is 0 Å². The monoisotopic (exact) mass is 295 g/mol. The molecule has 1 amide bonds. The van der Waals surface area contributed by atoms with Gasteiger partial charge in [0.2, 0.25) is 5.91 Å². The Hall–Kier alpha value is -1.00. The van der Waals surface area contributed by atoms with Crippen molar-refractivity contribution in [3.8, 4) is 0 Å². The second kappa shape index (κ2) is 8.32. The second-order valence-electron chi connectivity index (χ2n) is 5.19. The lowest BCUT2D eigenvalue weighted by Gasteiger charge is -2.25. The van der Waals surface area contributed by atoms with Gasteiger partial charge in [0.05, 0.1) is 11.4 Å². The van der Waals surface area contributed by atoms with Gasteiger partial charge in [-0.15, -0.1) is 11.8 Å². The molecule has 1 rings (SSSR count). The number of nitrogens with one attached hydrogen (secondary N) is 1. The Morgan fingerprint density at radius 1 is 1.35 bits per heavy atom. The topological polar surface area (TPSA) is 49.3 Å². The average Bonchev–Trinajstić information content (AvgIpc) is 2.45. The van der Waals surface area contributed by atoms with E-state index in [4.69, 9.17) is 0 Å². The molecule has 0 fully saturated rings. The van der Waals surface area contributed by atoms with E-state index in [9.17, 15) is 9.90 Å². The number of benzene rings is 1. The van der Waals surface area contributed by atoms with Crippen LogP contribution in [0.1, 0.15) is 37.8 Å². The smallest absolute Gasteiger partial charge is 0.230 e. The first-order valence-electron chi connectivity index (χ1n) is 7.11. The lowest BCUT2D eigenvalue weighted by Crippen LogP contribution is -2.42. The van der Waals surface area contributed by atoms with Crippen LogP contribution in [0.5, 0.6) is 0 Å². The fourth-order valence-corrected chi connectivity index (χ4v) is 2.68. The molecule has 0 unspecified atom stereocenters. The minimum Gasteiger partial charge on any atom is -0.388 e. The van der Waals surface area contributed by atoms with Crippen molar-refractivity contribution >= 4 is 17.7 Å². The van der Waals surface area contributed by atoms with Crippen molar-refractivity contribution in [1.29, 1.82) is 0 Å². The van der Waals surface area contributed by atoms with E-state index in [0.29, 0.717) is 25.1 Å². The summed E-state index contributed by atoms with van der Waals surface area (Å²) in [5.41, 5.74) is 1.71. The maximum Gasteiger partial charge on any atom is 0.230 e. The molecule has 0 saturated carbocycles. The largest absolute Gasteiger partial charge is 0.388 e. The number of carbonyl (C=O) groups is 1. The molecule has 0 atom stereocenters. The van der Waals surface area contributed by atoms with E-state index in [-0.39, 0.29) is 5.91 Å². The van der Waals surface area contributed by atoms with Gasteiger partial charge in [-0.2, -0.15) is 0 Å². The highest BCUT2D eigenvalue weighted by Crippen LogP contribution is 2.15. The Kier molecular flexibility index (Phi) is 7.10. The Labute approximate surface area is 126 Å². The van der Waals surface area contributed by atoms with Crippen LogP contribution in [0.25, 0.3) is 0 Å². The number of thioether (sulfide) groups is 1. The molecule has 0 aliphatic carbocycles. The number of rotatable bonds is 8. The summed E-state index contributed by atoms with van der Waals surface area (Å²) in [7, 11) is 0. The molecule has 0 aliphatic rings. The number of carbonyl (C=O) groups excluding carboxylic acids is 1. The van der Waals surface area contributed by atoms with E-state index >= 15 is 0 Å². The van der Waals surface area contributed by atoms with Crippen molar-refractivity contribution in [2.45, 2.75) is 45.0 Å². The van der Waals surface area contributed by atoms with E-state index in [2.05, 4.69) is 30.4 Å². The van der Waals surface area contributed by atoms with Crippen LogP contribution < -0.4 is 5.32 Å². The van der Waals surface area contributed by atoms with Crippen LogP contribution in [0, 0.1) is 6.92 Å². The zero-order valence-electron chi connectivity index (χ0n) is 12.6. The Morgan fingerprint density at radius 2 is 2.05 bits per heavy atom. The summed E-state index contributed by atoms with van der Waals surface area (Å²) in [4.78, 5) is 11.7. The van der Waals surface area contributed by atoms with Crippen molar-refractivity contribution in [3.05, 3.63) is 35.4 Å². The van der Waals surface area contributed by atoms with Crippen LogP contribution >= 0.6 is 11.8 Å². The molecular formula is C16H25NO2S. The number of amides is 1. The highest BCUT2D eigenvalue weighted by Gasteiger charge is 2.22. The predicted molar refractivity (Wildman–Crippen MR) is 85.9 cm³/mol. The summed E-state index contributed by atoms with van der Waals surface area (Å²) in [5.74, 6) is 1.25. The minimum absolute atomic E-state index is 0.0111. The predicted octanol–water partition coefficient (Wildman–Crippen LogP) is 2.90. The van der Waals surface area contributed by atoms with Gasteiger partial charge in [-0.1, -0.05) is 43.7 Å². The van der Waals surface area contributed by atoms with E-state index in [1.807, 2.05) is 19.9 Å². The average molecular weight is 295 g/mol. The maximum absolute atomic E-state index is 11.7. The molecule has 20 heavy (non-hydrogen) atoms. The van der Waals surface area contributed by atoms with Crippen molar-refractivity contribution in [1.82, 2.24) is 5.32 Å². The zero-order chi connectivity index (χ0) is 15.0. The Bertz CT molecular complexity index is 430. The highest BCUT2D eigenvalue weighted by atomic mass is 32.2. The SMILES string of the molecule is CCC(O)(CC)CNC(=O)CSCc1cccc(C)c1. The standard InChI is InChI=1S/C16H25NO2S/c1-4-16(19,5-2)12-17-15(18)11-20-10-14-8-6-7-13(3)9-14/h6-9,19H,4-5,10-12H2,1-3H3,(H,17,18). The lowest BCUT2D eigenvalue weighted by molar-refractivity contribution is -0.119. The van der Waals surface area contributed by atoms with Gasteiger partial charge in [0.15, 0.2) is 0 Å². The van der Waals surface area contributed by atoms with E-state index in [0.717, 1.165) is 5.75 Å². The molecule has 0 heterocycles. The molecule has 0 bridgehead atoms. The van der Waals surface area contributed by atoms with Crippen molar-refractivity contribution in [2.24, 2.45) is 0 Å². The molecular weight excluding hydrogens is 270 g/mol. The summed E-state index contributed by atoms with van der Waals surface area (Å²) in [5, 5.41) is 12.9. The van der Waals surface area contributed by atoms with Gasteiger partial charge in [0.1, 0.15) is 0 Å². The normalized spacial score (nSPS) is 11.4. The van der Waals surface area contributed by atoms with Gasteiger partial charge in [-0.05, 0) is 25.3 Å². The van der Waals surface area contributed by atoms with Crippen LogP contribution in [-0.2, 0) is 10.5 Å². The van der Waals surface area contributed by atoms with Gasteiger partial charge in [0, 0.05) is 12.3 Å². The van der Waals surface area contributed by atoms with Crippen LogP contribution in [0.15, 0.2) is 24.3 Å². The van der Waals surface area contributed by atoms with Crippen LogP contribution in [-0.4, -0.2) is 28.9 Å². The second-order valence-corrected chi connectivity index (χ2v) is 6.18. The summed E-state index contributed by atoms with van der Waals surface area (Å²) in [6, 6.07) is 8.31. The molecule has 0 aromatic heterocycles. The third-order valence-corrected chi connectivity index (χ3v) is 4.52. The summed E-state index contributed by atoms with van der Waals surface area (Å²) in [6.07, 6.45) is 1.31. The molecule has 112 valence electrons. The molecule has 0 saturated heterocycles. The van der Waals surface area contributed by atoms with Gasteiger partial charge in [-0.3, -0.25) is 4.79 Å². The number of hydrogen-bond donors (Lipinski definition) is 2. The molecule has 0 spiro atoms. The number of aryl methyl sites for hydroxylation is 1. The van der Waals surface area contributed by atoms with Crippen molar-refractivity contribution < 1.29 is 9.90 Å². The Morgan fingerprint density at radius 3 is 2.65 bits per heavy atom. The van der Waals surface area contributed by atoms with Crippen molar-refractivity contribution in [2.75, 3.05) is 12.3 Å². The summed E-state index contributed by atoms with van der Waals surface area (Å²) >= 11 is 1.60. The summed E-state index contributed by atoms with van der Waals surface area (Å²) in [6.45, 7) is 6.27. The molecule has 0 radical (unpaired) electrons.